The highest BCUT2D eigenvalue weighted by Gasteiger charge is 2.24. The molecule has 3 rings (SSSR count). The molecule has 1 N–H and O–H groups in total. The van der Waals surface area contributed by atoms with Crippen LogP contribution in [0, 0.1) is 0 Å². The predicted molar refractivity (Wildman–Crippen MR) is 132 cm³/mol. The van der Waals surface area contributed by atoms with Gasteiger partial charge in [-0.05, 0) is 47.1 Å². The minimum atomic E-state index is -0.319. The number of halogens is 2. The van der Waals surface area contributed by atoms with E-state index in [0.29, 0.717) is 33.1 Å². The average Bonchev–Trinajstić information content (AvgIpc) is 3.16. The number of hydrogen-bond donors (Lipinski definition) is 1. The normalized spacial score (nSPS) is 11.3. The van der Waals surface area contributed by atoms with Gasteiger partial charge in [0.05, 0.1) is 22.0 Å². The van der Waals surface area contributed by atoms with Crippen LogP contribution in [0.25, 0.3) is 5.69 Å². The van der Waals surface area contributed by atoms with Gasteiger partial charge in [-0.15, -0.1) is 0 Å². The molecule has 6 nitrogen and oxygen atoms in total. The fourth-order valence-corrected chi connectivity index (χ4v) is 3.80. The van der Waals surface area contributed by atoms with Crippen molar-refractivity contribution in [1.82, 2.24) is 14.7 Å². The number of hydrogen-bond acceptors (Lipinski definition) is 3. The van der Waals surface area contributed by atoms with E-state index in [1.165, 1.54) is 4.90 Å². The van der Waals surface area contributed by atoms with Crippen LogP contribution in [0.3, 0.4) is 0 Å². The fourth-order valence-electron chi connectivity index (χ4n) is 3.13. The Bertz CT molecular complexity index is 1140. The average molecular weight is 518 g/mol. The van der Waals surface area contributed by atoms with Gasteiger partial charge in [0, 0.05) is 22.5 Å². The maximum atomic E-state index is 12.9. The van der Waals surface area contributed by atoms with E-state index in [1.807, 2.05) is 58.0 Å². The molecule has 2 amide bonds. The van der Waals surface area contributed by atoms with Gasteiger partial charge in [0.15, 0.2) is 0 Å². The Morgan fingerprint density at radius 3 is 2.41 bits per heavy atom. The van der Waals surface area contributed by atoms with E-state index in [0.717, 1.165) is 5.69 Å². The topological polar surface area (TPSA) is 67.2 Å². The third-order valence-electron chi connectivity index (χ3n) is 4.93. The number of likely N-dealkylation sites (N-methyl/N-ethyl adjacent to an activating group) is 1. The van der Waals surface area contributed by atoms with Crippen molar-refractivity contribution in [2.45, 2.75) is 33.1 Å². The molecule has 8 heteroatoms. The highest BCUT2D eigenvalue weighted by atomic mass is 79.9. The molecule has 0 atom stereocenters. The van der Waals surface area contributed by atoms with Gasteiger partial charge >= 0.3 is 0 Å². The molecule has 0 saturated heterocycles. The molecule has 0 saturated carbocycles. The first-order chi connectivity index (χ1) is 15.1. The molecular weight excluding hydrogens is 492 g/mol. The Hall–Kier alpha value is -2.64. The van der Waals surface area contributed by atoms with Crippen molar-refractivity contribution in [1.29, 1.82) is 0 Å². The number of carbonyl (C=O) groups is 2. The standard InChI is InChI=1S/C24H26BrClN4O2/c1-5-29(23(32)16-10-6-7-11-17(16)25)15-22(31)27-21-14-20(24(2,3)4)28-30(21)19-13-9-8-12-18(19)26/h6-14H,5,15H2,1-4H3,(H,27,31). The summed E-state index contributed by atoms with van der Waals surface area (Å²) in [7, 11) is 0. The summed E-state index contributed by atoms with van der Waals surface area (Å²) >= 11 is 9.80. The summed E-state index contributed by atoms with van der Waals surface area (Å²) in [6.45, 7) is 8.29. The zero-order valence-electron chi connectivity index (χ0n) is 18.5. The molecular formula is C24H26BrClN4O2. The Morgan fingerprint density at radius 1 is 1.12 bits per heavy atom. The summed E-state index contributed by atoms with van der Waals surface area (Å²) in [5.74, 6) is -0.0385. The summed E-state index contributed by atoms with van der Waals surface area (Å²) in [5.41, 5.74) is 1.76. The van der Waals surface area contributed by atoms with Gasteiger partial charge in [-0.1, -0.05) is 56.6 Å². The van der Waals surface area contributed by atoms with Crippen molar-refractivity contribution in [2.24, 2.45) is 0 Å². The zero-order valence-corrected chi connectivity index (χ0v) is 20.9. The molecule has 0 aliphatic heterocycles. The molecule has 0 aliphatic carbocycles. The second-order valence-electron chi connectivity index (χ2n) is 8.38. The van der Waals surface area contributed by atoms with Crippen molar-refractivity contribution in [3.05, 3.63) is 75.4 Å². The summed E-state index contributed by atoms with van der Waals surface area (Å²) in [5, 5.41) is 8.12. The zero-order chi connectivity index (χ0) is 23.5. The van der Waals surface area contributed by atoms with Crippen LogP contribution >= 0.6 is 27.5 Å². The molecule has 0 bridgehead atoms. The van der Waals surface area contributed by atoms with Crippen LogP contribution in [0.1, 0.15) is 43.7 Å². The number of amides is 2. The van der Waals surface area contributed by atoms with Crippen LogP contribution in [0.5, 0.6) is 0 Å². The lowest BCUT2D eigenvalue weighted by Crippen LogP contribution is -2.38. The number of para-hydroxylation sites is 1. The van der Waals surface area contributed by atoms with Crippen LogP contribution in [-0.2, 0) is 10.2 Å². The van der Waals surface area contributed by atoms with Gasteiger partial charge in [0.1, 0.15) is 12.4 Å². The van der Waals surface area contributed by atoms with Crippen molar-refractivity contribution >= 4 is 45.2 Å². The van der Waals surface area contributed by atoms with Gasteiger partial charge in [0.25, 0.3) is 5.91 Å². The number of carbonyl (C=O) groups excluding carboxylic acids is 2. The summed E-state index contributed by atoms with van der Waals surface area (Å²) in [4.78, 5) is 27.4. The molecule has 0 radical (unpaired) electrons. The molecule has 0 unspecified atom stereocenters. The molecule has 168 valence electrons. The third kappa shape index (κ3) is 5.40. The van der Waals surface area contributed by atoms with E-state index in [9.17, 15) is 9.59 Å². The molecule has 0 spiro atoms. The van der Waals surface area contributed by atoms with Crippen molar-refractivity contribution < 1.29 is 9.59 Å². The lowest BCUT2D eigenvalue weighted by atomic mass is 9.92. The van der Waals surface area contributed by atoms with Crippen LogP contribution in [0.2, 0.25) is 5.02 Å². The fraction of sp³-hybridized carbons (Fsp3) is 0.292. The lowest BCUT2D eigenvalue weighted by molar-refractivity contribution is -0.116. The smallest absolute Gasteiger partial charge is 0.255 e. The summed E-state index contributed by atoms with van der Waals surface area (Å²) < 4.78 is 2.32. The highest BCUT2D eigenvalue weighted by Crippen LogP contribution is 2.29. The SMILES string of the molecule is CCN(CC(=O)Nc1cc(C(C)(C)C)nn1-c1ccccc1Cl)C(=O)c1ccccc1Br. The van der Waals surface area contributed by atoms with Crippen LogP contribution in [0.4, 0.5) is 5.82 Å². The number of nitrogens with zero attached hydrogens (tertiary/aromatic N) is 3. The molecule has 0 aliphatic rings. The minimum absolute atomic E-state index is 0.0881. The maximum absolute atomic E-state index is 12.9. The first kappa shape index (κ1) is 24.0. The third-order valence-corrected chi connectivity index (χ3v) is 5.94. The first-order valence-electron chi connectivity index (χ1n) is 10.3. The van der Waals surface area contributed by atoms with Gasteiger partial charge in [0.2, 0.25) is 5.91 Å². The highest BCUT2D eigenvalue weighted by molar-refractivity contribution is 9.10. The van der Waals surface area contributed by atoms with E-state index in [2.05, 4.69) is 26.3 Å². The Morgan fingerprint density at radius 2 is 1.78 bits per heavy atom. The number of anilines is 1. The quantitative estimate of drug-likeness (QED) is 0.457. The second kappa shape index (κ2) is 9.88. The number of nitrogens with one attached hydrogen (secondary N) is 1. The van der Waals surface area contributed by atoms with Crippen molar-refractivity contribution in [2.75, 3.05) is 18.4 Å². The van der Waals surface area contributed by atoms with Crippen LogP contribution < -0.4 is 5.32 Å². The molecule has 1 heterocycles. The lowest BCUT2D eigenvalue weighted by Gasteiger charge is -2.21. The summed E-state index contributed by atoms with van der Waals surface area (Å²) in [6, 6.07) is 16.3. The van der Waals surface area contributed by atoms with Crippen molar-refractivity contribution in [3.63, 3.8) is 0 Å². The largest absolute Gasteiger partial charge is 0.330 e. The predicted octanol–water partition coefficient (Wildman–Crippen LogP) is 5.69. The molecule has 0 fully saturated rings. The van der Waals surface area contributed by atoms with E-state index in [4.69, 9.17) is 11.6 Å². The number of aromatic nitrogens is 2. The van der Waals surface area contributed by atoms with Gasteiger partial charge in [-0.25, -0.2) is 4.68 Å². The first-order valence-corrected chi connectivity index (χ1v) is 11.5. The van der Waals surface area contributed by atoms with E-state index >= 15 is 0 Å². The van der Waals surface area contributed by atoms with E-state index in [1.54, 1.807) is 28.9 Å². The Balaban J connectivity index is 1.87. The van der Waals surface area contributed by atoms with Crippen LogP contribution in [-0.4, -0.2) is 39.6 Å². The molecule has 32 heavy (non-hydrogen) atoms. The molecule has 3 aromatic rings. The molecule has 2 aromatic carbocycles. The summed E-state index contributed by atoms with van der Waals surface area (Å²) in [6.07, 6.45) is 0. The second-order valence-corrected chi connectivity index (χ2v) is 9.64. The van der Waals surface area contributed by atoms with Crippen LogP contribution in [0.15, 0.2) is 59.1 Å². The Labute approximate surface area is 201 Å². The molecule has 1 aromatic heterocycles. The van der Waals surface area contributed by atoms with Gasteiger partial charge in [-0.2, -0.15) is 5.10 Å². The number of rotatable bonds is 6. The minimum Gasteiger partial charge on any atom is -0.330 e. The number of benzene rings is 2. The van der Waals surface area contributed by atoms with E-state index < -0.39 is 0 Å². The van der Waals surface area contributed by atoms with Gasteiger partial charge in [-0.3, -0.25) is 9.59 Å². The van der Waals surface area contributed by atoms with Crippen molar-refractivity contribution in [3.8, 4) is 5.69 Å². The van der Waals surface area contributed by atoms with Gasteiger partial charge < -0.3 is 10.2 Å². The monoisotopic (exact) mass is 516 g/mol. The maximum Gasteiger partial charge on any atom is 0.255 e. The Kier molecular flexibility index (Phi) is 7.41. The van der Waals surface area contributed by atoms with E-state index in [-0.39, 0.29) is 23.8 Å².